The summed E-state index contributed by atoms with van der Waals surface area (Å²) in [7, 11) is 4.03. The number of hydrogen-bond donors (Lipinski definition) is 0. The number of hydrogen-bond acceptors (Lipinski definition) is 4. The van der Waals surface area contributed by atoms with Gasteiger partial charge in [-0.05, 0) is 62.4 Å². The first-order chi connectivity index (χ1) is 18.5. The Labute approximate surface area is 223 Å². The van der Waals surface area contributed by atoms with Crippen LogP contribution < -0.4 is 9.80 Å². The maximum atomic E-state index is 13.8. The Hall–Kier alpha value is -4.51. The molecule has 38 heavy (non-hydrogen) atoms. The summed E-state index contributed by atoms with van der Waals surface area (Å²) < 4.78 is 9.02. The SMILES string of the molecule is CCn1c(C)c(C2(N(c3ccccc3)c3ccccc3)OC(=O)c3ccc(N(C)C)cc32)c2ccccc21. The van der Waals surface area contributed by atoms with E-state index in [1.165, 1.54) is 0 Å². The van der Waals surface area contributed by atoms with Gasteiger partial charge in [0.25, 0.3) is 0 Å². The molecule has 4 aromatic carbocycles. The molecule has 5 aromatic rings. The monoisotopic (exact) mass is 501 g/mol. The lowest BCUT2D eigenvalue weighted by atomic mass is 9.87. The summed E-state index contributed by atoms with van der Waals surface area (Å²) in [4.78, 5) is 18.0. The molecular formula is C33H31N3O2. The molecule has 0 saturated heterocycles. The number of para-hydroxylation sites is 3. The van der Waals surface area contributed by atoms with Gasteiger partial charge in [0.05, 0.1) is 11.1 Å². The van der Waals surface area contributed by atoms with E-state index in [1.807, 2.05) is 62.6 Å². The predicted octanol–water partition coefficient (Wildman–Crippen LogP) is 7.25. The third-order valence-electron chi connectivity index (χ3n) is 7.57. The minimum Gasteiger partial charge on any atom is -0.426 e. The highest BCUT2D eigenvalue weighted by Crippen LogP contribution is 2.53. The number of anilines is 3. The third-order valence-corrected chi connectivity index (χ3v) is 7.57. The van der Waals surface area contributed by atoms with Gasteiger partial charge in [0.1, 0.15) is 0 Å². The first-order valence-electron chi connectivity index (χ1n) is 13.0. The molecule has 1 aliphatic rings. The maximum absolute atomic E-state index is 13.8. The fourth-order valence-corrected chi connectivity index (χ4v) is 5.91. The minimum absolute atomic E-state index is 0.324. The first-order valence-corrected chi connectivity index (χ1v) is 13.0. The van der Waals surface area contributed by atoms with Gasteiger partial charge in [-0.1, -0.05) is 54.6 Å². The number of benzene rings is 4. The van der Waals surface area contributed by atoms with E-state index in [-0.39, 0.29) is 5.97 Å². The number of carbonyl (C=O) groups excluding carboxylic acids is 1. The average molecular weight is 502 g/mol. The second kappa shape index (κ2) is 9.10. The van der Waals surface area contributed by atoms with Crippen LogP contribution in [-0.2, 0) is 17.0 Å². The molecule has 0 saturated carbocycles. The van der Waals surface area contributed by atoms with Crippen LogP contribution in [-0.4, -0.2) is 24.6 Å². The zero-order chi connectivity index (χ0) is 26.4. The third kappa shape index (κ3) is 3.42. The Balaban J connectivity index is 1.81. The molecule has 0 spiro atoms. The largest absolute Gasteiger partial charge is 0.426 e. The summed E-state index contributed by atoms with van der Waals surface area (Å²) in [5, 5.41) is 1.07. The Kier molecular flexibility index (Phi) is 5.72. The normalized spacial score (nSPS) is 16.4. The number of nitrogens with zero attached hydrogens (tertiary/aromatic N) is 3. The van der Waals surface area contributed by atoms with Gasteiger partial charge >= 0.3 is 5.97 Å². The van der Waals surface area contributed by atoms with E-state index >= 15 is 0 Å². The molecule has 0 bridgehead atoms. The molecule has 5 heteroatoms. The highest BCUT2D eigenvalue weighted by Gasteiger charge is 2.55. The van der Waals surface area contributed by atoms with Crippen LogP contribution >= 0.6 is 0 Å². The summed E-state index contributed by atoms with van der Waals surface area (Å²) in [5.41, 5.74) is 6.23. The molecule has 5 nitrogen and oxygen atoms in total. The van der Waals surface area contributed by atoms with Crippen molar-refractivity contribution >= 4 is 33.9 Å². The van der Waals surface area contributed by atoms with E-state index in [2.05, 4.69) is 82.8 Å². The molecule has 2 heterocycles. The van der Waals surface area contributed by atoms with Crippen LogP contribution in [0.1, 0.15) is 34.1 Å². The summed E-state index contributed by atoms with van der Waals surface area (Å²) in [6.07, 6.45) is 0. The van der Waals surface area contributed by atoms with E-state index in [4.69, 9.17) is 4.74 Å². The first kappa shape index (κ1) is 23.9. The Morgan fingerprint density at radius 3 is 2.00 bits per heavy atom. The van der Waals surface area contributed by atoms with E-state index in [0.29, 0.717) is 5.56 Å². The molecule has 0 fully saturated rings. The van der Waals surface area contributed by atoms with E-state index < -0.39 is 5.72 Å². The lowest BCUT2D eigenvalue weighted by Crippen LogP contribution is -2.45. The van der Waals surface area contributed by atoms with Crippen LogP contribution in [0, 0.1) is 6.92 Å². The molecule has 0 radical (unpaired) electrons. The fraction of sp³-hybridized carbons (Fsp3) is 0.182. The smallest absolute Gasteiger partial charge is 0.341 e. The molecule has 1 atom stereocenters. The molecule has 6 rings (SSSR count). The lowest BCUT2D eigenvalue weighted by molar-refractivity contribution is 0.0136. The number of rotatable bonds is 6. The van der Waals surface area contributed by atoms with Crippen molar-refractivity contribution in [2.24, 2.45) is 0 Å². The Morgan fingerprint density at radius 1 is 0.789 bits per heavy atom. The van der Waals surface area contributed by atoms with E-state index in [9.17, 15) is 4.79 Å². The van der Waals surface area contributed by atoms with Gasteiger partial charge in [-0.15, -0.1) is 0 Å². The predicted molar refractivity (Wildman–Crippen MR) is 154 cm³/mol. The van der Waals surface area contributed by atoms with E-state index in [1.54, 1.807) is 0 Å². The van der Waals surface area contributed by atoms with Gasteiger partial charge in [-0.25, -0.2) is 4.79 Å². The zero-order valence-electron chi connectivity index (χ0n) is 22.2. The van der Waals surface area contributed by atoms with Gasteiger partial charge in [-0.2, -0.15) is 0 Å². The van der Waals surface area contributed by atoms with Crippen molar-refractivity contribution in [1.82, 2.24) is 4.57 Å². The van der Waals surface area contributed by atoms with Crippen molar-refractivity contribution in [1.29, 1.82) is 0 Å². The molecule has 0 aliphatic carbocycles. The molecule has 0 N–H and O–H groups in total. The summed E-state index contributed by atoms with van der Waals surface area (Å²) in [5.74, 6) is -0.324. The number of ether oxygens (including phenoxy) is 1. The van der Waals surface area contributed by atoms with Crippen LogP contribution in [0.25, 0.3) is 10.9 Å². The topological polar surface area (TPSA) is 37.7 Å². The van der Waals surface area contributed by atoms with Crippen LogP contribution in [0.15, 0.2) is 103 Å². The van der Waals surface area contributed by atoms with Crippen molar-refractivity contribution in [2.45, 2.75) is 26.1 Å². The van der Waals surface area contributed by atoms with Gasteiger partial charge in [0.15, 0.2) is 0 Å². The Bertz CT molecular complexity index is 1600. The fourth-order valence-electron chi connectivity index (χ4n) is 5.91. The number of esters is 1. The van der Waals surface area contributed by atoms with Crippen LogP contribution in [0.2, 0.25) is 0 Å². The quantitative estimate of drug-likeness (QED) is 0.230. The van der Waals surface area contributed by atoms with Crippen LogP contribution in [0.4, 0.5) is 17.1 Å². The van der Waals surface area contributed by atoms with Crippen molar-refractivity contribution < 1.29 is 9.53 Å². The molecular weight excluding hydrogens is 470 g/mol. The standard InChI is InChI=1S/C33H31N3O2/c1-5-35-23(2)31(28-18-12-13-19-30(28)35)33(29-22-26(34(3)4)20-21-27(29)32(37)38-33)36(24-14-8-6-9-15-24)25-16-10-7-11-17-25/h6-22H,5H2,1-4H3. The molecule has 1 aliphatic heterocycles. The van der Waals surface area contributed by atoms with Gasteiger partial charge in [-0.3, -0.25) is 4.90 Å². The van der Waals surface area contributed by atoms with Crippen molar-refractivity contribution in [3.8, 4) is 0 Å². The second-order valence-corrected chi connectivity index (χ2v) is 9.89. The van der Waals surface area contributed by atoms with Gasteiger partial charge in [0, 0.05) is 59.9 Å². The second-order valence-electron chi connectivity index (χ2n) is 9.89. The maximum Gasteiger partial charge on any atom is 0.341 e. The number of carbonyl (C=O) groups is 1. The van der Waals surface area contributed by atoms with E-state index in [0.717, 1.165) is 51.3 Å². The molecule has 1 aromatic heterocycles. The van der Waals surface area contributed by atoms with Crippen molar-refractivity contribution in [2.75, 3.05) is 23.9 Å². The Morgan fingerprint density at radius 2 is 1.39 bits per heavy atom. The number of cyclic esters (lactones) is 1. The van der Waals surface area contributed by atoms with Crippen molar-refractivity contribution in [3.63, 3.8) is 0 Å². The summed E-state index contributed by atoms with van der Waals surface area (Å²) >= 11 is 0. The van der Waals surface area contributed by atoms with Crippen molar-refractivity contribution in [3.05, 3.63) is 126 Å². The minimum atomic E-state index is -1.23. The summed E-state index contributed by atoms with van der Waals surface area (Å²) in [6.45, 7) is 5.09. The highest BCUT2D eigenvalue weighted by molar-refractivity contribution is 6.00. The average Bonchev–Trinajstić information content (AvgIpc) is 3.40. The van der Waals surface area contributed by atoms with Crippen LogP contribution in [0.3, 0.4) is 0 Å². The molecule has 1 unspecified atom stereocenters. The number of fused-ring (bicyclic) bond motifs is 2. The van der Waals surface area contributed by atoms with Gasteiger partial charge in [0.2, 0.25) is 5.72 Å². The van der Waals surface area contributed by atoms with Crippen LogP contribution in [0.5, 0.6) is 0 Å². The molecule has 0 amide bonds. The zero-order valence-corrected chi connectivity index (χ0v) is 22.2. The number of aromatic nitrogens is 1. The lowest BCUT2D eigenvalue weighted by Gasteiger charge is -2.42. The summed E-state index contributed by atoms with van der Waals surface area (Å²) in [6, 6.07) is 34.8. The highest BCUT2D eigenvalue weighted by atomic mass is 16.6. The molecule has 190 valence electrons. The number of aryl methyl sites for hydroxylation is 1. The van der Waals surface area contributed by atoms with Gasteiger partial charge < -0.3 is 14.2 Å².